The molecule has 0 bridgehead atoms. The van der Waals surface area contributed by atoms with Gasteiger partial charge in [0.25, 0.3) is 11.8 Å². The fourth-order valence-electron chi connectivity index (χ4n) is 3.83. The summed E-state index contributed by atoms with van der Waals surface area (Å²) < 4.78 is 155. The quantitative estimate of drug-likeness (QED) is 0.115. The van der Waals surface area contributed by atoms with Gasteiger partial charge in [-0.05, 0) is 18.2 Å². The summed E-state index contributed by atoms with van der Waals surface area (Å²) in [5.74, 6) is -25.6. The Hall–Kier alpha value is -4.83. The van der Waals surface area contributed by atoms with Crippen LogP contribution in [-0.2, 0) is 6.18 Å². The second-order valence-electron chi connectivity index (χ2n) is 8.77. The first kappa shape index (κ1) is 33.7. The van der Waals surface area contributed by atoms with Crippen molar-refractivity contribution >= 4 is 34.8 Å². The maximum absolute atomic E-state index is 14.8. The zero-order chi connectivity index (χ0) is 33.4. The Morgan fingerprint density at radius 1 is 0.523 bits per heavy atom. The Morgan fingerprint density at radius 2 is 0.841 bits per heavy atom. The van der Waals surface area contributed by atoms with Gasteiger partial charge in [-0.25, -0.2) is 35.1 Å². The fraction of sp³-hybridized carbons (Fsp3) is 0.185. The predicted molar refractivity (Wildman–Crippen MR) is 129 cm³/mol. The van der Waals surface area contributed by atoms with Gasteiger partial charge in [-0.2, -0.15) is 13.2 Å². The predicted octanol–water partition coefficient (Wildman–Crippen LogP) is 7.51. The first-order chi connectivity index (χ1) is 20.4. The van der Waals surface area contributed by atoms with E-state index in [1.54, 1.807) is 0 Å². The molecular weight excluding hydrogens is 625 g/mol. The molecule has 2 N–H and O–H groups in total. The summed E-state index contributed by atoms with van der Waals surface area (Å²) in [6.07, 6.45) is -6.56. The number of rotatable bonds is 8. The maximum Gasteiger partial charge on any atom is 0.416 e. The van der Waals surface area contributed by atoms with Crippen molar-refractivity contribution in [3.63, 3.8) is 0 Å². The van der Waals surface area contributed by atoms with Gasteiger partial charge in [0.15, 0.2) is 58.1 Å². The molecule has 0 aromatic heterocycles. The van der Waals surface area contributed by atoms with E-state index in [2.05, 4.69) is 0 Å². The Morgan fingerprint density at radius 3 is 1.14 bits per heavy atom. The second kappa shape index (κ2) is 12.4. The molecular formula is C27H15F11N2O4. The molecule has 2 amide bonds. The topological polar surface area (TPSA) is 92.3 Å². The number of ketones is 2. The van der Waals surface area contributed by atoms with Crippen LogP contribution in [0.25, 0.3) is 0 Å². The van der Waals surface area contributed by atoms with Crippen LogP contribution in [0, 0.1) is 46.5 Å². The average molecular weight is 640 g/mol. The fourth-order valence-corrected chi connectivity index (χ4v) is 3.83. The first-order valence-electron chi connectivity index (χ1n) is 12.0. The van der Waals surface area contributed by atoms with Gasteiger partial charge in [-0.15, -0.1) is 0 Å². The first-order valence-corrected chi connectivity index (χ1v) is 12.0. The van der Waals surface area contributed by atoms with E-state index in [-0.39, 0.29) is 12.1 Å². The molecule has 0 aliphatic heterocycles. The number of anilines is 2. The third-order valence-electron chi connectivity index (χ3n) is 5.96. The molecule has 0 fully saturated rings. The van der Waals surface area contributed by atoms with E-state index < -0.39 is 128 Å². The minimum Gasteiger partial charge on any atom is -0.322 e. The van der Waals surface area contributed by atoms with Crippen LogP contribution in [0.4, 0.5) is 59.7 Å². The van der Waals surface area contributed by atoms with Crippen molar-refractivity contribution in [1.82, 2.24) is 0 Å². The van der Waals surface area contributed by atoms with Crippen LogP contribution in [0.3, 0.4) is 0 Å². The Bertz CT molecular complexity index is 1620. The van der Waals surface area contributed by atoms with Crippen LogP contribution in [0.2, 0.25) is 0 Å². The molecule has 0 radical (unpaired) electrons. The van der Waals surface area contributed by atoms with Gasteiger partial charge in [-0.3, -0.25) is 19.2 Å². The molecule has 3 aromatic rings. The van der Waals surface area contributed by atoms with Gasteiger partial charge in [0.2, 0.25) is 0 Å². The highest BCUT2D eigenvalue weighted by Crippen LogP contribution is 2.35. The molecule has 0 saturated carbocycles. The number of nitrogens with one attached hydrogen (secondary N) is 2. The van der Waals surface area contributed by atoms with E-state index >= 15 is 0 Å². The Kier molecular flexibility index (Phi) is 9.50. The highest BCUT2D eigenvalue weighted by Gasteiger charge is 2.35. The number of hydrogen-bond acceptors (Lipinski definition) is 4. The minimum atomic E-state index is -5.29. The highest BCUT2D eigenvalue weighted by molar-refractivity contribution is 6.09. The lowest BCUT2D eigenvalue weighted by Crippen LogP contribution is -2.23. The lowest BCUT2D eigenvalue weighted by molar-refractivity contribution is -0.137. The van der Waals surface area contributed by atoms with Crippen molar-refractivity contribution in [2.75, 3.05) is 10.6 Å². The number of Topliss-reactive ketones (excluding diaryl/α,β-unsaturated/α-hetero) is 2. The summed E-state index contributed by atoms with van der Waals surface area (Å²) in [7, 11) is 0. The summed E-state index contributed by atoms with van der Waals surface area (Å²) in [6, 6.07) is 0.669. The molecule has 3 rings (SSSR count). The van der Waals surface area contributed by atoms with Crippen molar-refractivity contribution in [3.8, 4) is 0 Å². The average Bonchev–Trinajstić information content (AvgIpc) is 2.94. The van der Waals surface area contributed by atoms with Gasteiger partial charge in [0.05, 0.1) is 16.7 Å². The molecule has 0 saturated heterocycles. The second-order valence-corrected chi connectivity index (χ2v) is 8.77. The van der Waals surface area contributed by atoms with Crippen LogP contribution < -0.4 is 10.6 Å². The van der Waals surface area contributed by atoms with Crippen molar-refractivity contribution in [3.05, 3.63) is 92.6 Å². The van der Waals surface area contributed by atoms with Crippen LogP contribution in [-0.4, -0.2) is 23.4 Å². The van der Waals surface area contributed by atoms with Gasteiger partial charge >= 0.3 is 6.18 Å². The summed E-state index contributed by atoms with van der Waals surface area (Å²) >= 11 is 0. The van der Waals surface area contributed by atoms with E-state index in [0.29, 0.717) is 6.07 Å². The highest BCUT2D eigenvalue weighted by atomic mass is 19.4. The summed E-state index contributed by atoms with van der Waals surface area (Å²) in [6.45, 7) is 2.17. The summed E-state index contributed by atoms with van der Waals surface area (Å²) in [4.78, 5) is 48.9. The van der Waals surface area contributed by atoms with Crippen LogP contribution in [0.15, 0.2) is 18.2 Å². The lowest BCUT2D eigenvalue weighted by Gasteiger charge is -2.16. The molecule has 3 aromatic carbocycles. The summed E-state index contributed by atoms with van der Waals surface area (Å²) in [5.41, 5.74) is -11.0. The lowest BCUT2D eigenvalue weighted by atomic mass is 10.0. The van der Waals surface area contributed by atoms with Crippen molar-refractivity contribution in [2.45, 2.75) is 32.9 Å². The number of carbonyl (C=O) groups is 4. The molecule has 0 aliphatic carbocycles. The van der Waals surface area contributed by atoms with E-state index in [1.807, 2.05) is 0 Å². The van der Waals surface area contributed by atoms with Crippen molar-refractivity contribution in [2.24, 2.45) is 0 Å². The SMILES string of the molecule is CCC(=O)c1c(F)c(F)c(F)c(C(=O)Nc2cc(NC(=O)c3c(F)c(F)c(F)c(C(=O)CC)c3F)cc(C(F)(F)F)c2)c1F. The minimum absolute atomic E-state index is 0.123. The normalized spacial score (nSPS) is 11.4. The van der Waals surface area contributed by atoms with Crippen LogP contribution in [0.1, 0.15) is 73.7 Å². The zero-order valence-electron chi connectivity index (χ0n) is 21.9. The Balaban J connectivity index is 2.12. The van der Waals surface area contributed by atoms with Gasteiger partial charge < -0.3 is 10.6 Å². The standard InChI is InChI=1S/C27H15F11N2O4/c1-3-11(41)13-17(28)15(21(32)23(34)19(13)30)25(43)39-9-5-8(27(36,37)38)6-10(7-9)40-26(44)16-18(29)14(12(42)4-2)20(31)24(35)22(16)33/h5-7H,3-4H2,1-2H3,(H,39,43)(H,40,44). The number of alkyl halides is 3. The zero-order valence-corrected chi connectivity index (χ0v) is 21.9. The molecule has 0 spiro atoms. The van der Waals surface area contributed by atoms with E-state index in [0.717, 1.165) is 13.8 Å². The largest absolute Gasteiger partial charge is 0.416 e. The van der Waals surface area contributed by atoms with Gasteiger partial charge in [0.1, 0.15) is 11.1 Å². The number of halogens is 11. The number of hydrogen-bond donors (Lipinski definition) is 2. The molecule has 6 nitrogen and oxygen atoms in total. The third kappa shape index (κ3) is 6.12. The summed E-state index contributed by atoms with van der Waals surface area (Å²) in [5, 5.41) is 3.07. The van der Waals surface area contributed by atoms with Crippen LogP contribution in [0.5, 0.6) is 0 Å². The van der Waals surface area contributed by atoms with Gasteiger partial charge in [-0.1, -0.05) is 13.8 Å². The molecule has 0 atom stereocenters. The van der Waals surface area contributed by atoms with Crippen molar-refractivity contribution < 1.29 is 67.5 Å². The molecule has 0 unspecified atom stereocenters. The number of carbonyl (C=O) groups excluding carboxylic acids is 4. The van der Waals surface area contributed by atoms with E-state index in [1.165, 1.54) is 10.6 Å². The molecule has 0 aliphatic rings. The molecule has 234 valence electrons. The van der Waals surface area contributed by atoms with Gasteiger partial charge in [0, 0.05) is 24.2 Å². The monoisotopic (exact) mass is 640 g/mol. The molecule has 0 heterocycles. The van der Waals surface area contributed by atoms with Crippen molar-refractivity contribution in [1.29, 1.82) is 0 Å². The number of benzene rings is 3. The van der Waals surface area contributed by atoms with E-state index in [9.17, 15) is 67.5 Å². The molecule has 44 heavy (non-hydrogen) atoms. The third-order valence-corrected chi connectivity index (χ3v) is 5.96. The van der Waals surface area contributed by atoms with Crippen LogP contribution >= 0.6 is 0 Å². The molecule has 17 heteroatoms. The van der Waals surface area contributed by atoms with E-state index in [4.69, 9.17) is 0 Å². The maximum atomic E-state index is 14.8. The smallest absolute Gasteiger partial charge is 0.322 e. The number of amides is 2. The Labute approximate surface area is 238 Å².